The number of hydrogen-bond donors (Lipinski definition) is 0. The third-order valence-corrected chi connectivity index (χ3v) is 4.96. The normalized spacial score (nSPS) is 15.0. The number of carbonyl (C=O) groups is 1. The molecule has 8 heteroatoms. The van der Waals surface area contributed by atoms with Gasteiger partial charge in [-0.3, -0.25) is 0 Å². The van der Waals surface area contributed by atoms with E-state index in [2.05, 4.69) is 4.98 Å². The Kier molecular flexibility index (Phi) is 5.96. The number of aromatic nitrogens is 2. The molecule has 2 aromatic rings. The van der Waals surface area contributed by atoms with Gasteiger partial charge in [-0.1, -0.05) is 18.2 Å². The molecule has 0 N–H and O–H groups in total. The quantitative estimate of drug-likeness (QED) is 0.703. The van der Waals surface area contributed by atoms with E-state index in [1.807, 2.05) is 4.90 Å². The van der Waals surface area contributed by atoms with Crippen LogP contribution >= 0.6 is 0 Å². The van der Waals surface area contributed by atoms with Gasteiger partial charge in [0.05, 0.1) is 24.4 Å². The average Bonchev–Trinajstić information content (AvgIpc) is 2.99. The SMILES string of the molecule is CCOC(=O)c1nc(N2CCCCC2)n(Cc2ccccc2C(F)(F)F)c1C. The van der Waals surface area contributed by atoms with E-state index in [0.717, 1.165) is 38.4 Å². The molecule has 1 aromatic carbocycles. The average molecular weight is 395 g/mol. The van der Waals surface area contributed by atoms with Gasteiger partial charge in [0.15, 0.2) is 5.69 Å². The van der Waals surface area contributed by atoms with Gasteiger partial charge in [-0.05, 0) is 44.7 Å². The molecule has 1 saturated heterocycles. The van der Waals surface area contributed by atoms with Gasteiger partial charge in [0, 0.05) is 13.1 Å². The maximum atomic E-state index is 13.4. The number of rotatable bonds is 5. The molecule has 0 bridgehead atoms. The summed E-state index contributed by atoms with van der Waals surface area (Å²) in [6.45, 7) is 5.12. The number of piperidine rings is 1. The molecule has 1 aliphatic heterocycles. The Hall–Kier alpha value is -2.51. The summed E-state index contributed by atoms with van der Waals surface area (Å²) < 4.78 is 47.1. The van der Waals surface area contributed by atoms with Crippen molar-refractivity contribution in [1.29, 1.82) is 0 Å². The Balaban J connectivity index is 2.05. The van der Waals surface area contributed by atoms with Gasteiger partial charge in [-0.25, -0.2) is 9.78 Å². The maximum absolute atomic E-state index is 13.4. The zero-order valence-corrected chi connectivity index (χ0v) is 16.1. The molecular weight excluding hydrogens is 371 g/mol. The van der Waals surface area contributed by atoms with Gasteiger partial charge in [-0.2, -0.15) is 13.2 Å². The minimum Gasteiger partial charge on any atom is -0.461 e. The van der Waals surface area contributed by atoms with E-state index in [0.29, 0.717) is 11.6 Å². The first-order valence-electron chi connectivity index (χ1n) is 9.47. The number of esters is 1. The van der Waals surface area contributed by atoms with E-state index in [-0.39, 0.29) is 24.4 Å². The number of hydrogen-bond acceptors (Lipinski definition) is 4. The highest BCUT2D eigenvalue weighted by molar-refractivity contribution is 5.89. The fraction of sp³-hybridized carbons (Fsp3) is 0.500. The summed E-state index contributed by atoms with van der Waals surface area (Å²) >= 11 is 0. The first-order valence-corrected chi connectivity index (χ1v) is 9.47. The van der Waals surface area contributed by atoms with Crippen LogP contribution in [-0.4, -0.2) is 35.2 Å². The highest BCUT2D eigenvalue weighted by atomic mass is 19.4. The lowest BCUT2D eigenvalue weighted by Gasteiger charge is -2.28. The van der Waals surface area contributed by atoms with Gasteiger partial charge in [-0.15, -0.1) is 0 Å². The number of ether oxygens (including phenoxy) is 1. The second-order valence-corrected chi connectivity index (χ2v) is 6.86. The second kappa shape index (κ2) is 8.24. The molecule has 0 unspecified atom stereocenters. The molecule has 3 rings (SSSR count). The van der Waals surface area contributed by atoms with Gasteiger partial charge in [0.1, 0.15) is 0 Å². The van der Waals surface area contributed by atoms with Crippen LogP contribution < -0.4 is 4.90 Å². The molecule has 1 fully saturated rings. The molecule has 152 valence electrons. The van der Waals surface area contributed by atoms with Crippen LogP contribution in [0.1, 0.15) is 53.5 Å². The molecule has 0 saturated carbocycles. The molecular formula is C20H24F3N3O2. The lowest BCUT2D eigenvalue weighted by molar-refractivity contribution is -0.138. The standard InChI is InChI=1S/C20H24F3N3O2/c1-3-28-18(27)17-14(2)26(19(24-17)25-11-7-4-8-12-25)13-15-9-5-6-10-16(15)20(21,22)23/h5-6,9-10H,3-4,7-8,11-13H2,1-2H3. The summed E-state index contributed by atoms with van der Waals surface area (Å²) in [7, 11) is 0. The van der Waals surface area contributed by atoms with Crippen LogP contribution in [-0.2, 0) is 17.5 Å². The Labute approximate surface area is 162 Å². The van der Waals surface area contributed by atoms with Gasteiger partial charge < -0.3 is 14.2 Å². The molecule has 0 amide bonds. The molecule has 0 atom stereocenters. The minimum absolute atomic E-state index is 0.0141. The van der Waals surface area contributed by atoms with Crippen molar-refractivity contribution in [2.45, 2.75) is 45.8 Å². The number of imidazole rings is 1. The minimum atomic E-state index is -4.44. The van der Waals surface area contributed by atoms with Crippen LogP contribution in [0, 0.1) is 6.92 Å². The third kappa shape index (κ3) is 4.15. The summed E-state index contributed by atoms with van der Waals surface area (Å²) in [6.07, 6.45) is -1.36. The maximum Gasteiger partial charge on any atom is 0.416 e. The molecule has 1 aliphatic rings. The van der Waals surface area contributed by atoms with Crippen molar-refractivity contribution in [2.24, 2.45) is 0 Å². The van der Waals surface area contributed by atoms with E-state index < -0.39 is 17.7 Å². The first-order chi connectivity index (χ1) is 13.3. The lowest BCUT2D eigenvalue weighted by Crippen LogP contribution is -2.32. The third-order valence-electron chi connectivity index (χ3n) is 4.96. The smallest absolute Gasteiger partial charge is 0.416 e. The number of anilines is 1. The molecule has 28 heavy (non-hydrogen) atoms. The van der Waals surface area contributed by atoms with Crippen molar-refractivity contribution < 1.29 is 22.7 Å². The number of benzene rings is 1. The first kappa shape index (κ1) is 20.2. The van der Waals surface area contributed by atoms with Gasteiger partial charge in [0.25, 0.3) is 0 Å². The summed E-state index contributed by atoms with van der Waals surface area (Å²) in [5.41, 5.74) is 0.137. The topological polar surface area (TPSA) is 47.4 Å². The van der Waals surface area contributed by atoms with Gasteiger partial charge >= 0.3 is 12.1 Å². The number of carbonyl (C=O) groups excluding carboxylic acids is 1. The second-order valence-electron chi connectivity index (χ2n) is 6.86. The number of nitrogens with zero attached hydrogens (tertiary/aromatic N) is 3. The van der Waals surface area contributed by atoms with Crippen LogP contribution in [0.4, 0.5) is 19.1 Å². The van der Waals surface area contributed by atoms with Crippen molar-refractivity contribution in [1.82, 2.24) is 9.55 Å². The van der Waals surface area contributed by atoms with Crippen LogP contribution in [0.2, 0.25) is 0 Å². The number of halogens is 3. The molecule has 2 heterocycles. The number of alkyl halides is 3. The fourth-order valence-electron chi connectivity index (χ4n) is 3.54. The Bertz CT molecular complexity index is 840. The van der Waals surface area contributed by atoms with E-state index in [1.165, 1.54) is 12.1 Å². The highest BCUT2D eigenvalue weighted by Gasteiger charge is 2.34. The van der Waals surface area contributed by atoms with Crippen molar-refractivity contribution in [3.05, 3.63) is 46.8 Å². The van der Waals surface area contributed by atoms with Crippen molar-refractivity contribution in [3.8, 4) is 0 Å². The molecule has 0 spiro atoms. The van der Waals surface area contributed by atoms with E-state index >= 15 is 0 Å². The molecule has 0 radical (unpaired) electrons. The van der Waals surface area contributed by atoms with E-state index in [4.69, 9.17) is 4.74 Å². The largest absolute Gasteiger partial charge is 0.461 e. The van der Waals surface area contributed by atoms with Gasteiger partial charge in [0.2, 0.25) is 5.95 Å². The Morgan fingerprint density at radius 1 is 1.18 bits per heavy atom. The van der Waals surface area contributed by atoms with Crippen molar-refractivity contribution in [3.63, 3.8) is 0 Å². The van der Waals surface area contributed by atoms with E-state index in [9.17, 15) is 18.0 Å². The molecule has 1 aromatic heterocycles. The zero-order chi connectivity index (χ0) is 20.3. The predicted molar refractivity (Wildman–Crippen MR) is 99.5 cm³/mol. The van der Waals surface area contributed by atoms with Crippen molar-refractivity contribution in [2.75, 3.05) is 24.6 Å². The molecule has 0 aliphatic carbocycles. The van der Waals surface area contributed by atoms with Crippen LogP contribution in [0.25, 0.3) is 0 Å². The Morgan fingerprint density at radius 2 is 1.86 bits per heavy atom. The summed E-state index contributed by atoms with van der Waals surface area (Å²) in [5, 5.41) is 0. The zero-order valence-electron chi connectivity index (χ0n) is 16.1. The van der Waals surface area contributed by atoms with E-state index in [1.54, 1.807) is 24.5 Å². The van der Waals surface area contributed by atoms with Crippen LogP contribution in [0.15, 0.2) is 24.3 Å². The van der Waals surface area contributed by atoms with Crippen molar-refractivity contribution >= 4 is 11.9 Å². The highest BCUT2D eigenvalue weighted by Crippen LogP contribution is 2.33. The van der Waals surface area contributed by atoms with Crippen LogP contribution in [0.5, 0.6) is 0 Å². The predicted octanol–water partition coefficient (Wildman–Crippen LogP) is 4.43. The Morgan fingerprint density at radius 3 is 2.50 bits per heavy atom. The summed E-state index contributed by atoms with van der Waals surface area (Å²) in [6, 6.07) is 5.51. The summed E-state index contributed by atoms with van der Waals surface area (Å²) in [4.78, 5) is 18.8. The fourth-order valence-corrected chi connectivity index (χ4v) is 3.54. The summed E-state index contributed by atoms with van der Waals surface area (Å²) in [5.74, 6) is -0.0293. The monoisotopic (exact) mass is 395 g/mol. The van der Waals surface area contributed by atoms with Crippen LogP contribution in [0.3, 0.4) is 0 Å². The lowest BCUT2D eigenvalue weighted by atomic mass is 10.1. The molecule has 5 nitrogen and oxygen atoms in total.